The van der Waals surface area contributed by atoms with Crippen LogP contribution in [-0.2, 0) is 6.42 Å². The molecule has 5 aromatic rings. The maximum Gasteiger partial charge on any atom is 0.333 e. The van der Waals surface area contributed by atoms with Crippen LogP contribution in [0.25, 0.3) is 28.3 Å². The smallest absolute Gasteiger partial charge is 0.289 e. The first-order chi connectivity index (χ1) is 17.2. The minimum absolute atomic E-state index is 0.0398. The summed E-state index contributed by atoms with van der Waals surface area (Å²) in [4.78, 5) is 18.3. The number of imidazole rings is 1. The van der Waals surface area contributed by atoms with Gasteiger partial charge in [0.15, 0.2) is 5.82 Å². The molecule has 8 nitrogen and oxygen atoms in total. The van der Waals surface area contributed by atoms with Crippen molar-refractivity contribution in [2.75, 3.05) is 0 Å². The van der Waals surface area contributed by atoms with E-state index in [1.165, 1.54) is 0 Å². The van der Waals surface area contributed by atoms with Crippen molar-refractivity contribution in [2.45, 2.75) is 39.2 Å². The molecule has 0 amide bonds. The first kappa shape index (κ1) is 22.5. The van der Waals surface area contributed by atoms with E-state index in [4.69, 9.17) is 4.98 Å². The third kappa shape index (κ3) is 4.42. The van der Waals surface area contributed by atoms with Crippen LogP contribution < -0.4 is 5.69 Å². The van der Waals surface area contributed by atoms with Gasteiger partial charge in [-0.1, -0.05) is 61.9 Å². The summed E-state index contributed by atoms with van der Waals surface area (Å²) in [5.41, 5.74) is 5.45. The molecule has 5 rings (SSSR count). The van der Waals surface area contributed by atoms with Crippen molar-refractivity contribution >= 4 is 0 Å². The molecule has 2 aromatic carbocycles. The number of aromatic nitrogens is 7. The summed E-state index contributed by atoms with van der Waals surface area (Å²) < 4.78 is 3.64. The number of aryl methyl sites for hydroxylation is 1. The summed E-state index contributed by atoms with van der Waals surface area (Å²) in [5, 5.41) is 14.2. The van der Waals surface area contributed by atoms with Crippen LogP contribution in [0.3, 0.4) is 0 Å². The lowest BCUT2D eigenvalue weighted by molar-refractivity contribution is 0.573. The van der Waals surface area contributed by atoms with E-state index < -0.39 is 0 Å². The first-order valence-electron chi connectivity index (χ1n) is 11.8. The number of H-pyrrole nitrogens is 1. The van der Waals surface area contributed by atoms with Gasteiger partial charge < -0.3 is 0 Å². The van der Waals surface area contributed by atoms with Crippen LogP contribution in [0, 0.1) is 0 Å². The minimum atomic E-state index is -0.158. The summed E-state index contributed by atoms with van der Waals surface area (Å²) in [5.74, 6) is 0.592. The van der Waals surface area contributed by atoms with Gasteiger partial charge in [0.25, 0.3) is 0 Å². The topological polar surface area (TPSA) is 94.3 Å². The van der Waals surface area contributed by atoms with Crippen molar-refractivity contribution in [1.29, 1.82) is 0 Å². The average molecular weight is 466 g/mol. The normalized spacial score (nSPS) is 12.1. The largest absolute Gasteiger partial charge is 0.333 e. The highest BCUT2D eigenvalue weighted by Gasteiger charge is 2.19. The Hall–Kier alpha value is -4.33. The van der Waals surface area contributed by atoms with Gasteiger partial charge in [-0.3, -0.25) is 14.1 Å². The van der Waals surface area contributed by atoms with Crippen LogP contribution in [-0.4, -0.2) is 34.7 Å². The lowest BCUT2D eigenvalue weighted by atomic mass is 10.0. The van der Waals surface area contributed by atoms with Gasteiger partial charge in [-0.25, -0.2) is 9.89 Å². The molecule has 35 heavy (non-hydrogen) atoms. The minimum Gasteiger partial charge on any atom is -0.289 e. The maximum absolute atomic E-state index is 13.5. The summed E-state index contributed by atoms with van der Waals surface area (Å²) in [6, 6.07) is 21.5. The Bertz CT molecular complexity index is 1450. The number of para-hydroxylation sites is 1. The SMILES string of the molecule is CCCCc1cn(-c2ccccc2)c(=O)n1C(C)c1ccc(-c2ccccc2-c2nnn[nH]2)nc1. The Morgan fingerprint density at radius 1 is 0.971 bits per heavy atom. The van der Waals surface area contributed by atoms with Crippen LogP contribution in [0.1, 0.15) is 44.0 Å². The first-order valence-corrected chi connectivity index (χ1v) is 11.8. The van der Waals surface area contributed by atoms with Crippen LogP contribution in [0.15, 0.2) is 83.9 Å². The Morgan fingerprint density at radius 3 is 2.43 bits per heavy atom. The molecule has 0 radical (unpaired) electrons. The molecule has 8 heteroatoms. The number of nitrogens with one attached hydrogen (secondary N) is 1. The third-order valence-electron chi connectivity index (χ3n) is 6.28. The Kier molecular flexibility index (Phi) is 6.34. The summed E-state index contributed by atoms with van der Waals surface area (Å²) in [6.45, 7) is 4.21. The van der Waals surface area contributed by atoms with Crippen LogP contribution >= 0.6 is 0 Å². The van der Waals surface area contributed by atoms with E-state index in [0.717, 1.165) is 53.0 Å². The van der Waals surface area contributed by atoms with Gasteiger partial charge in [-0.15, -0.1) is 5.10 Å². The predicted octanol–water partition coefficient (Wildman–Crippen LogP) is 4.83. The number of tetrazole rings is 1. The van der Waals surface area contributed by atoms with Gasteiger partial charge in [-0.2, -0.15) is 0 Å². The van der Waals surface area contributed by atoms with Crippen molar-refractivity contribution in [3.63, 3.8) is 0 Å². The fraction of sp³-hybridized carbons (Fsp3) is 0.222. The van der Waals surface area contributed by atoms with Crippen LogP contribution in [0.2, 0.25) is 0 Å². The molecule has 0 saturated heterocycles. The molecule has 0 spiro atoms. The lowest BCUT2D eigenvalue weighted by Crippen LogP contribution is -2.27. The van der Waals surface area contributed by atoms with Crippen molar-refractivity contribution < 1.29 is 0 Å². The average Bonchev–Trinajstić information content (AvgIpc) is 3.56. The molecular formula is C27H27N7O. The summed E-state index contributed by atoms with van der Waals surface area (Å²) >= 11 is 0. The number of rotatable bonds is 8. The maximum atomic E-state index is 13.5. The van der Waals surface area contributed by atoms with Gasteiger partial charge in [0.1, 0.15) is 0 Å². The zero-order valence-electron chi connectivity index (χ0n) is 19.8. The standard InChI is InChI=1S/C27H27N7O/c1-3-4-10-22-18-33(21-11-6-5-7-12-21)27(35)34(22)19(2)20-15-16-25(28-17-20)23-13-8-9-14-24(23)26-29-31-32-30-26/h5-9,11-19H,3-4,10H2,1-2H3,(H,29,30,31,32). The van der Waals surface area contributed by atoms with Gasteiger partial charge in [0.05, 0.1) is 17.4 Å². The number of pyridine rings is 1. The van der Waals surface area contributed by atoms with Crippen LogP contribution in [0.5, 0.6) is 0 Å². The highest BCUT2D eigenvalue weighted by molar-refractivity contribution is 5.78. The van der Waals surface area contributed by atoms with E-state index in [-0.39, 0.29) is 11.7 Å². The van der Waals surface area contributed by atoms with E-state index >= 15 is 0 Å². The van der Waals surface area contributed by atoms with Gasteiger partial charge >= 0.3 is 5.69 Å². The van der Waals surface area contributed by atoms with Crippen molar-refractivity contribution in [3.8, 4) is 28.3 Å². The van der Waals surface area contributed by atoms with E-state index in [1.54, 1.807) is 4.57 Å². The molecule has 0 aliphatic carbocycles. The number of hydrogen-bond donors (Lipinski definition) is 1. The van der Waals surface area contributed by atoms with E-state index in [0.29, 0.717) is 5.82 Å². The molecule has 0 aliphatic rings. The molecule has 1 unspecified atom stereocenters. The molecule has 3 heterocycles. The monoisotopic (exact) mass is 465 g/mol. The molecule has 3 aromatic heterocycles. The number of nitrogens with zero attached hydrogens (tertiary/aromatic N) is 6. The Balaban J connectivity index is 1.51. The second-order valence-electron chi connectivity index (χ2n) is 8.53. The molecule has 176 valence electrons. The van der Waals surface area contributed by atoms with Gasteiger partial charge in [-0.05, 0) is 54.0 Å². The highest BCUT2D eigenvalue weighted by atomic mass is 16.1. The third-order valence-corrected chi connectivity index (χ3v) is 6.28. The second kappa shape index (κ2) is 9.89. The number of unbranched alkanes of at least 4 members (excludes halogenated alkanes) is 1. The number of hydrogen-bond acceptors (Lipinski definition) is 5. The number of aromatic amines is 1. The molecular weight excluding hydrogens is 438 g/mol. The molecule has 0 fully saturated rings. The zero-order chi connectivity index (χ0) is 24.2. The van der Waals surface area contributed by atoms with Crippen LogP contribution in [0.4, 0.5) is 0 Å². The summed E-state index contributed by atoms with van der Waals surface area (Å²) in [7, 11) is 0. The molecule has 1 atom stereocenters. The van der Waals surface area contributed by atoms with Gasteiger partial charge in [0.2, 0.25) is 0 Å². The Labute approximate surface area is 203 Å². The van der Waals surface area contributed by atoms with Crippen molar-refractivity contribution in [3.05, 3.63) is 101 Å². The molecule has 1 N–H and O–H groups in total. The number of benzene rings is 2. The Morgan fingerprint density at radius 2 is 1.74 bits per heavy atom. The van der Waals surface area contributed by atoms with E-state index in [1.807, 2.05) is 83.7 Å². The molecule has 0 saturated carbocycles. The predicted molar refractivity (Wildman–Crippen MR) is 135 cm³/mol. The zero-order valence-corrected chi connectivity index (χ0v) is 19.8. The lowest BCUT2D eigenvalue weighted by Gasteiger charge is -2.16. The van der Waals surface area contributed by atoms with E-state index in [9.17, 15) is 4.79 Å². The van der Waals surface area contributed by atoms with E-state index in [2.05, 4.69) is 34.5 Å². The quantitative estimate of drug-likeness (QED) is 0.354. The second-order valence-corrected chi connectivity index (χ2v) is 8.53. The molecule has 0 aliphatic heterocycles. The summed E-state index contributed by atoms with van der Waals surface area (Å²) in [6.07, 6.45) is 6.77. The van der Waals surface area contributed by atoms with Gasteiger partial charge in [0, 0.05) is 29.2 Å². The molecule has 0 bridgehead atoms. The fourth-order valence-corrected chi connectivity index (χ4v) is 4.38. The van der Waals surface area contributed by atoms with Crippen molar-refractivity contribution in [1.82, 2.24) is 34.7 Å². The van der Waals surface area contributed by atoms with Crippen molar-refractivity contribution in [2.24, 2.45) is 0 Å². The highest BCUT2D eigenvalue weighted by Crippen LogP contribution is 2.29. The fourth-order valence-electron chi connectivity index (χ4n) is 4.38.